The first-order valence-corrected chi connectivity index (χ1v) is 13.4. The van der Waals surface area contributed by atoms with E-state index < -0.39 is 8.32 Å². The predicted octanol–water partition coefficient (Wildman–Crippen LogP) is 5.77. The SMILES string of the molecule is Cc1ccc(C=C2C(=O)C=CC2O[Si](c2ccccc2)(c2ccccc2)C(C)(C)C)c(C)c1. The van der Waals surface area contributed by atoms with Crippen molar-refractivity contribution < 1.29 is 9.22 Å². The van der Waals surface area contributed by atoms with E-state index in [2.05, 4.69) is 101 Å². The van der Waals surface area contributed by atoms with Crippen LogP contribution in [0.4, 0.5) is 0 Å². The van der Waals surface area contributed by atoms with Crippen LogP contribution < -0.4 is 10.4 Å². The molecule has 33 heavy (non-hydrogen) atoms. The van der Waals surface area contributed by atoms with Crippen molar-refractivity contribution in [3.63, 3.8) is 0 Å². The van der Waals surface area contributed by atoms with Crippen LogP contribution in [0.5, 0.6) is 0 Å². The molecule has 0 radical (unpaired) electrons. The summed E-state index contributed by atoms with van der Waals surface area (Å²) in [4.78, 5) is 13.0. The van der Waals surface area contributed by atoms with E-state index in [0.717, 1.165) is 11.1 Å². The lowest BCUT2D eigenvalue weighted by Gasteiger charge is -2.44. The Labute approximate surface area is 198 Å². The molecule has 1 atom stereocenters. The molecule has 0 amide bonds. The van der Waals surface area contributed by atoms with E-state index in [-0.39, 0.29) is 16.9 Å². The highest BCUT2D eigenvalue weighted by molar-refractivity contribution is 6.99. The molecule has 2 nitrogen and oxygen atoms in total. The highest BCUT2D eigenvalue weighted by Crippen LogP contribution is 2.39. The first-order valence-electron chi connectivity index (χ1n) is 11.5. The molecular weight excluding hydrogens is 420 g/mol. The van der Waals surface area contributed by atoms with Crippen LogP contribution in [0.1, 0.15) is 37.5 Å². The minimum Gasteiger partial charge on any atom is -0.397 e. The second-order valence-electron chi connectivity index (χ2n) is 9.88. The van der Waals surface area contributed by atoms with Gasteiger partial charge in [-0.15, -0.1) is 0 Å². The third-order valence-corrected chi connectivity index (χ3v) is 11.5. The maximum atomic E-state index is 13.0. The van der Waals surface area contributed by atoms with Crippen molar-refractivity contribution in [2.24, 2.45) is 0 Å². The maximum absolute atomic E-state index is 13.0. The van der Waals surface area contributed by atoms with Gasteiger partial charge in [0.05, 0.1) is 6.10 Å². The number of benzene rings is 3. The number of aryl methyl sites for hydroxylation is 2. The molecule has 0 fully saturated rings. The minimum atomic E-state index is -2.77. The Bertz CT molecular complexity index is 1160. The van der Waals surface area contributed by atoms with Crippen molar-refractivity contribution in [3.8, 4) is 0 Å². The zero-order chi connectivity index (χ0) is 23.6. The number of hydrogen-bond donors (Lipinski definition) is 0. The monoisotopic (exact) mass is 452 g/mol. The summed E-state index contributed by atoms with van der Waals surface area (Å²) in [6.45, 7) is 10.9. The average molecular weight is 453 g/mol. The summed E-state index contributed by atoms with van der Waals surface area (Å²) in [7, 11) is -2.77. The van der Waals surface area contributed by atoms with Crippen LogP contribution in [0.2, 0.25) is 5.04 Å². The van der Waals surface area contributed by atoms with Gasteiger partial charge in [0.2, 0.25) is 0 Å². The van der Waals surface area contributed by atoms with E-state index in [0.29, 0.717) is 5.57 Å². The highest BCUT2D eigenvalue weighted by Gasteiger charge is 2.52. The second-order valence-corrected chi connectivity index (χ2v) is 14.1. The van der Waals surface area contributed by atoms with Gasteiger partial charge in [0.15, 0.2) is 5.78 Å². The molecule has 0 heterocycles. The molecule has 0 aliphatic heterocycles. The Kier molecular flexibility index (Phi) is 6.38. The topological polar surface area (TPSA) is 26.3 Å². The Balaban J connectivity index is 1.86. The molecule has 0 N–H and O–H groups in total. The summed E-state index contributed by atoms with van der Waals surface area (Å²) < 4.78 is 7.22. The number of allylic oxidation sites excluding steroid dienone is 1. The zero-order valence-electron chi connectivity index (χ0n) is 20.1. The van der Waals surface area contributed by atoms with Crippen molar-refractivity contribution in [1.29, 1.82) is 0 Å². The van der Waals surface area contributed by atoms with Crippen molar-refractivity contribution >= 4 is 30.6 Å². The van der Waals surface area contributed by atoms with Gasteiger partial charge >= 0.3 is 0 Å². The molecule has 0 saturated carbocycles. The van der Waals surface area contributed by atoms with Gasteiger partial charge in [0.1, 0.15) is 0 Å². The van der Waals surface area contributed by atoms with E-state index in [1.165, 1.54) is 15.9 Å². The molecule has 3 aromatic carbocycles. The molecule has 3 aromatic rings. The van der Waals surface area contributed by atoms with E-state index in [9.17, 15) is 4.79 Å². The number of carbonyl (C=O) groups is 1. The lowest BCUT2D eigenvalue weighted by molar-refractivity contribution is -0.111. The minimum absolute atomic E-state index is 0.0258. The molecule has 4 rings (SSSR count). The van der Waals surface area contributed by atoms with E-state index in [4.69, 9.17) is 4.43 Å². The number of rotatable bonds is 5. The standard InChI is InChI=1S/C30H32O2Si/c1-22-16-17-24(23(2)20-22)21-27-28(31)18-19-29(27)32-33(30(3,4)5,25-12-8-6-9-13-25)26-14-10-7-11-15-26/h6-21,29H,1-5H3. The van der Waals surface area contributed by atoms with Crippen LogP contribution in [-0.4, -0.2) is 20.2 Å². The van der Waals surface area contributed by atoms with Gasteiger partial charge in [-0.1, -0.05) is 105 Å². The average Bonchev–Trinajstić information content (AvgIpc) is 3.13. The van der Waals surface area contributed by atoms with Gasteiger partial charge in [-0.3, -0.25) is 4.79 Å². The lowest BCUT2D eigenvalue weighted by atomic mass is 10.0. The summed E-state index contributed by atoms with van der Waals surface area (Å²) in [6, 6.07) is 27.4. The summed E-state index contributed by atoms with van der Waals surface area (Å²) in [5.74, 6) is 0.0258. The van der Waals surface area contributed by atoms with Crippen LogP contribution in [0.25, 0.3) is 6.08 Å². The second kappa shape index (κ2) is 9.09. The largest absolute Gasteiger partial charge is 0.397 e. The lowest BCUT2D eigenvalue weighted by Crippen LogP contribution is -2.67. The van der Waals surface area contributed by atoms with Crippen molar-refractivity contribution in [2.45, 2.75) is 45.8 Å². The normalized spacial score (nSPS) is 17.7. The summed E-state index contributed by atoms with van der Waals surface area (Å²) in [6.07, 6.45) is 5.22. The van der Waals surface area contributed by atoms with Crippen molar-refractivity contribution in [3.05, 3.63) is 113 Å². The van der Waals surface area contributed by atoms with Gasteiger partial charge in [-0.25, -0.2) is 0 Å². The van der Waals surface area contributed by atoms with E-state index >= 15 is 0 Å². The third kappa shape index (κ3) is 4.44. The fourth-order valence-corrected chi connectivity index (χ4v) is 9.41. The Morgan fingerprint density at radius 2 is 1.42 bits per heavy atom. The fraction of sp³-hybridized carbons (Fsp3) is 0.233. The first kappa shape index (κ1) is 23.2. The van der Waals surface area contributed by atoms with Gasteiger partial charge in [-0.05, 0) is 58.6 Å². The molecule has 0 saturated heterocycles. The molecule has 0 aromatic heterocycles. The number of hydrogen-bond acceptors (Lipinski definition) is 2. The van der Waals surface area contributed by atoms with E-state index in [1.54, 1.807) is 6.08 Å². The molecule has 168 valence electrons. The molecule has 1 aliphatic carbocycles. The quantitative estimate of drug-likeness (QED) is 0.363. The summed E-state index contributed by atoms with van der Waals surface area (Å²) in [5, 5.41) is 2.27. The van der Waals surface area contributed by atoms with Crippen LogP contribution >= 0.6 is 0 Å². The molecule has 1 aliphatic rings. The molecule has 3 heteroatoms. The zero-order valence-corrected chi connectivity index (χ0v) is 21.1. The summed E-state index contributed by atoms with van der Waals surface area (Å²) >= 11 is 0. The Morgan fingerprint density at radius 3 is 1.94 bits per heavy atom. The predicted molar refractivity (Wildman–Crippen MR) is 141 cm³/mol. The third-order valence-electron chi connectivity index (χ3n) is 6.47. The van der Waals surface area contributed by atoms with Crippen LogP contribution in [-0.2, 0) is 9.22 Å². The fourth-order valence-electron chi connectivity index (χ4n) is 4.81. The maximum Gasteiger partial charge on any atom is 0.262 e. The van der Waals surface area contributed by atoms with E-state index in [1.807, 2.05) is 24.3 Å². The Hall–Kier alpha value is -3.01. The molecule has 1 unspecified atom stereocenters. The highest BCUT2D eigenvalue weighted by atomic mass is 28.4. The van der Waals surface area contributed by atoms with Crippen LogP contribution in [0, 0.1) is 13.8 Å². The summed E-state index contributed by atoms with van der Waals surface area (Å²) in [5.41, 5.74) is 4.13. The van der Waals surface area contributed by atoms with Crippen LogP contribution in [0.15, 0.2) is 96.6 Å². The Morgan fingerprint density at radius 1 is 0.848 bits per heavy atom. The molecule has 0 spiro atoms. The van der Waals surface area contributed by atoms with Gasteiger partial charge < -0.3 is 4.43 Å². The van der Waals surface area contributed by atoms with Gasteiger partial charge in [0, 0.05) is 5.57 Å². The van der Waals surface area contributed by atoms with Gasteiger partial charge in [-0.2, -0.15) is 0 Å². The van der Waals surface area contributed by atoms with Crippen molar-refractivity contribution in [2.75, 3.05) is 0 Å². The molecular formula is C30H32O2Si. The van der Waals surface area contributed by atoms with Crippen LogP contribution in [0.3, 0.4) is 0 Å². The first-order chi connectivity index (χ1) is 15.7. The smallest absolute Gasteiger partial charge is 0.262 e. The van der Waals surface area contributed by atoms with Crippen molar-refractivity contribution in [1.82, 2.24) is 0 Å². The number of ketones is 1. The van der Waals surface area contributed by atoms with Gasteiger partial charge in [0.25, 0.3) is 8.32 Å². The molecule has 0 bridgehead atoms. The number of carbonyl (C=O) groups excluding carboxylic acids is 1.